The van der Waals surface area contributed by atoms with Crippen LogP contribution < -0.4 is 4.90 Å². The van der Waals surface area contributed by atoms with E-state index in [1.54, 1.807) is 0 Å². The molecule has 228 valence electrons. The number of nitrogens with zero attached hydrogens (tertiary/aromatic N) is 4. The van der Waals surface area contributed by atoms with Gasteiger partial charge in [0.15, 0.2) is 0 Å². The van der Waals surface area contributed by atoms with Crippen LogP contribution >= 0.6 is 0 Å². The largest absolute Gasteiger partial charge is 0.417 e. The maximum atomic E-state index is 13.4. The molecule has 8 nitrogen and oxygen atoms in total. The first kappa shape index (κ1) is 31.9. The summed E-state index contributed by atoms with van der Waals surface area (Å²) in [5, 5.41) is 9.02. The summed E-state index contributed by atoms with van der Waals surface area (Å²) in [4.78, 5) is 43.2. The highest BCUT2D eigenvalue weighted by Crippen LogP contribution is 2.37. The van der Waals surface area contributed by atoms with E-state index in [0.717, 1.165) is 55.4 Å². The number of ether oxygens (including phenoxy) is 1. The van der Waals surface area contributed by atoms with Gasteiger partial charge in [0.1, 0.15) is 6.61 Å². The fourth-order valence-corrected chi connectivity index (χ4v) is 5.35. The molecule has 0 atom stereocenters. The average Bonchev–Trinajstić information content (AvgIpc) is 3.21. The summed E-state index contributed by atoms with van der Waals surface area (Å²) in [5.41, 5.74) is -0.363. The molecule has 2 aliphatic heterocycles. The molecule has 0 spiro atoms. The number of alkyl halides is 3. The molecule has 2 aromatic carbocycles. The predicted molar refractivity (Wildman–Crippen MR) is 154 cm³/mol. The number of hydrogen-bond donors (Lipinski definition) is 0. The fraction of sp³-hybridized carbons (Fsp3) is 0.438. The quantitative estimate of drug-likeness (QED) is 0.251. The third kappa shape index (κ3) is 8.09. The first-order chi connectivity index (χ1) is 20.6. The number of hydrogen-bond acceptors (Lipinski definition) is 6. The average molecular weight is 597 g/mol. The van der Waals surface area contributed by atoms with Crippen molar-refractivity contribution in [2.24, 2.45) is 0 Å². The minimum atomic E-state index is -4.79. The summed E-state index contributed by atoms with van der Waals surface area (Å²) in [5.74, 6) is -1.25. The number of rotatable bonds is 12. The lowest BCUT2D eigenvalue weighted by atomic mass is 10.0. The van der Waals surface area contributed by atoms with E-state index >= 15 is 0 Å². The number of unbranched alkanes of at least 4 members (excludes halogenated alkanes) is 3. The molecule has 43 heavy (non-hydrogen) atoms. The van der Waals surface area contributed by atoms with Crippen molar-refractivity contribution in [2.75, 3.05) is 44.2 Å². The second-order valence-corrected chi connectivity index (χ2v) is 10.8. The van der Waals surface area contributed by atoms with Crippen LogP contribution in [0, 0.1) is 11.3 Å². The second-order valence-electron chi connectivity index (χ2n) is 10.8. The van der Waals surface area contributed by atoms with Crippen molar-refractivity contribution in [3.8, 4) is 6.07 Å². The van der Waals surface area contributed by atoms with Crippen LogP contribution in [0.2, 0.25) is 0 Å². The Morgan fingerprint density at radius 1 is 0.953 bits per heavy atom. The minimum Gasteiger partial charge on any atom is -0.367 e. The summed E-state index contributed by atoms with van der Waals surface area (Å²) >= 11 is 0. The lowest BCUT2D eigenvalue weighted by Crippen LogP contribution is -2.49. The molecule has 1 saturated heterocycles. The van der Waals surface area contributed by atoms with Crippen molar-refractivity contribution in [1.82, 2.24) is 9.80 Å². The van der Waals surface area contributed by atoms with Crippen molar-refractivity contribution >= 4 is 23.4 Å². The zero-order chi connectivity index (χ0) is 31.0. The summed E-state index contributed by atoms with van der Waals surface area (Å²) in [6.07, 6.45) is -1.04. The van der Waals surface area contributed by atoms with Gasteiger partial charge in [0.05, 0.1) is 29.5 Å². The van der Waals surface area contributed by atoms with E-state index in [0.29, 0.717) is 44.2 Å². The maximum Gasteiger partial charge on any atom is 0.417 e. The van der Waals surface area contributed by atoms with Gasteiger partial charge in [-0.2, -0.15) is 18.4 Å². The van der Waals surface area contributed by atoms with Gasteiger partial charge in [0.25, 0.3) is 11.8 Å². The number of halogens is 3. The Kier molecular flexibility index (Phi) is 10.7. The van der Waals surface area contributed by atoms with Gasteiger partial charge in [-0.25, -0.2) is 4.90 Å². The molecule has 0 saturated carbocycles. The van der Waals surface area contributed by atoms with Gasteiger partial charge in [-0.05, 0) is 56.5 Å². The van der Waals surface area contributed by atoms with Gasteiger partial charge in [0, 0.05) is 37.3 Å². The van der Waals surface area contributed by atoms with Crippen molar-refractivity contribution in [1.29, 1.82) is 5.26 Å². The van der Waals surface area contributed by atoms with E-state index < -0.39 is 29.1 Å². The molecule has 2 aliphatic rings. The summed E-state index contributed by atoms with van der Waals surface area (Å²) in [6.45, 7) is 5.82. The Bertz CT molecular complexity index is 1390. The van der Waals surface area contributed by atoms with E-state index in [1.165, 1.54) is 19.1 Å². The molecule has 2 aromatic rings. The molecule has 4 rings (SSSR count). The van der Waals surface area contributed by atoms with Crippen LogP contribution in [0.1, 0.15) is 55.7 Å². The topological polar surface area (TPSA) is 93.9 Å². The van der Waals surface area contributed by atoms with Gasteiger partial charge < -0.3 is 9.64 Å². The van der Waals surface area contributed by atoms with E-state index in [-0.39, 0.29) is 23.8 Å². The number of carbonyl (C=O) groups is 3. The van der Waals surface area contributed by atoms with Gasteiger partial charge in [-0.1, -0.05) is 43.2 Å². The molecule has 0 radical (unpaired) electrons. The molecule has 11 heteroatoms. The number of benzene rings is 2. The Morgan fingerprint density at radius 3 is 2.33 bits per heavy atom. The highest BCUT2D eigenvalue weighted by Gasteiger charge is 2.39. The summed E-state index contributed by atoms with van der Waals surface area (Å²) in [6, 6.07) is 14.1. The lowest BCUT2D eigenvalue weighted by Gasteiger charge is -2.34. The third-order valence-corrected chi connectivity index (χ3v) is 7.84. The van der Waals surface area contributed by atoms with Gasteiger partial charge in [-0.3, -0.25) is 19.3 Å². The zero-order valence-corrected chi connectivity index (χ0v) is 24.2. The highest BCUT2D eigenvalue weighted by atomic mass is 19.4. The van der Waals surface area contributed by atoms with E-state index in [4.69, 9.17) is 10.00 Å². The predicted octanol–water partition coefficient (Wildman–Crippen LogP) is 5.08. The molecule has 0 bridgehead atoms. The van der Waals surface area contributed by atoms with Gasteiger partial charge >= 0.3 is 6.18 Å². The van der Waals surface area contributed by atoms with Crippen molar-refractivity contribution in [2.45, 2.75) is 51.8 Å². The Labute approximate surface area is 249 Å². The standard InChI is InChI=1S/C32H35F3N4O4/c1-23-27(31(42)39(30(23)41)26-13-12-25(20-36)28(19-26)32(33,34)35)11-7-2-3-8-14-37-15-17-38(18-16-37)29(40)22-43-21-24-9-5-4-6-10-24/h4-6,9-10,12-13,19H,2-3,7-8,11,14-18,21-22H2,1H3. The maximum absolute atomic E-state index is 13.4. The highest BCUT2D eigenvalue weighted by molar-refractivity contribution is 6.32. The summed E-state index contributed by atoms with van der Waals surface area (Å²) < 4.78 is 45.8. The molecule has 0 N–H and O–H groups in total. The monoisotopic (exact) mass is 596 g/mol. The third-order valence-electron chi connectivity index (χ3n) is 7.84. The number of anilines is 1. The minimum absolute atomic E-state index is 0.00124. The molecule has 3 amide bonds. The van der Waals surface area contributed by atoms with Crippen LogP contribution in [-0.4, -0.2) is 66.9 Å². The number of carbonyl (C=O) groups excluding carboxylic acids is 3. The number of piperazine rings is 1. The number of amides is 3. The van der Waals surface area contributed by atoms with E-state index in [9.17, 15) is 27.6 Å². The normalized spacial score (nSPS) is 16.3. The lowest BCUT2D eigenvalue weighted by molar-refractivity contribution is -0.138. The molecule has 0 unspecified atom stereocenters. The van der Waals surface area contributed by atoms with Crippen LogP contribution in [0.25, 0.3) is 0 Å². The number of nitriles is 1. The Balaban J connectivity index is 1.15. The molecule has 1 fully saturated rings. The Morgan fingerprint density at radius 2 is 1.65 bits per heavy atom. The van der Waals surface area contributed by atoms with E-state index in [1.807, 2.05) is 35.2 Å². The molecule has 0 aliphatic carbocycles. The Hall–Kier alpha value is -4.01. The van der Waals surface area contributed by atoms with Gasteiger partial charge in [-0.15, -0.1) is 0 Å². The van der Waals surface area contributed by atoms with Gasteiger partial charge in [0.2, 0.25) is 5.91 Å². The van der Waals surface area contributed by atoms with Crippen LogP contribution in [0.4, 0.5) is 18.9 Å². The summed E-state index contributed by atoms with van der Waals surface area (Å²) in [7, 11) is 0. The van der Waals surface area contributed by atoms with Crippen molar-refractivity contribution in [3.63, 3.8) is 0 Å². The molecule has 0 aromatic heterocycles. The number of imide groups is 1. The van der Waals surface area contributed by atoms with Crippen LogP contribution in [0.3, 0.4) is 0 Å². The smallest absolute Gasteiger partial charge is 0.367 e. The van der Waals surface area contributed by atoms with Crippen LogP contribution in [0.15, 0.2) is 59.7 Å². The van der Waals surface area contributed by atoms with Crippen LogP contribution in [-0.2, 0) is 31.9 Å². The zero-order valence-electron chi connectivity index (χ0n) is 24.2. The van der Waals surface area contributed by atoms with Crippen molar-refractivity contribution in [3.05, 3.63) is 76.4 Å². The first-order valence-electron chi connectivity index (χ1n) is 14.4. The van der Waals surface area contributed by atoms with E-state index in [2.05, 4.69) is 4.90 Å². The molecular weight excluding hydrogens is 561 g/mol. The second kappa shape index (κ2) is 14.4. The van der Waals surface area contributed by atoms with Crippen LogP contribution in [0.5, 0.6) is 0 Å². The first-order valence-corrected chi connectivity index (χ1v) is 14.4. The fourth-order valence-electron chi connectivity index (χ4n) is 5.35. The molecule has 2 heterocycles. The van der Waals surface area contributed by atoms with Crippen molar-refractivity contribution < 1.29 is 32.3 Å². The molecular formula is C32H35F3N4O4. The SMILES string of the molecule is CC1=C(CCCCCCN2CCN(C(=O)COCc3ccccc3)CC2)C(=O)N(c2ccc(C#N)c(C(F)(F)F)c2)C1=O.